The Morgan fingerprint density at radius 3 is 2.77 bits per heavy atom. The second kappa shape index (κ2) is 8.88. The summed E-state index contributed by atoms with van der Waals surface area (Å²) in [6, 6.07) is 8.13. The predicted octanol–water partition coefficient (Wildman–Crippen LogP) is 3.17. The van der Waals surface area contributed by atoms with E-state index in [2.05, 4.69) is 6.07 Å². The number of carbonyl (C=O) groups excluding carboxylic acids is 1. The van der Waals surface area contributed by atoms with Crippen molar-refractivity contribution in [3.05, 3.63) is 63.6 Å². The first-order valence-electron chi connectivity index (χ1n) is 7.75. The molecule has 0 saturated carbocycles. The number of ether oxygens (including phenoxy) is 2. The van der Waals surface area contributed by atoms with Crippen LogP contribution in [0.5, 0.6) is 5.75 Å². The van der Waals surface area contributed by atoms with Gasteiger partial charge in [0, 0.05) is 22.2 Å². The predicted molar refractivity (Wildman–Crippen MR) is 98.2 cm³/mol. The van der Waals surface area contributed by atoms with Crippen LogP contribution in [0.1, 0.15) is 12.5 Å². The standard InChI is InChI=1S/C19H17ClN2O4/c1-3-4-7-26-19(24)12-22-11-17(25-2)16(9-18(22)23)15-8-14(20)6-5-13(15)10-21/h3-6,8-9,11H,7,12H2,1-2H3/b4-3+. The molecule has 0 spiro atoms. The van der Waals surface area contributed by atoms with E-state index in [0.717, 1.165) is 0 Å². The average molecular weight is 373 g/mol. The summed E-state index contributed by atoms with van der Waals surface area (Å²) in [5, 5.41) is 9.72. The molecule has 7 heteroatoms. The second-order valence-corrected chi connectivity index (χ2v) is 5.71. The molecule has 6 nitrogen and oxygen atoms in total. The Balaban J connectivity index is 2.42. The largest absolute Gasteiger partial charge is 0.495 e. The van der Waals surface area contributed by atoms with Crippen LogP contribution in [0.25, 0.3) is 11.1 Å². The van der Waals surface area contributed by atoms with Gasteiger partial charge in [0.05, 0.1) is 24.9 Å². The third-order valence-corrected chi connectivity index (χ3v) is 3.81. The number of pyridine rings is 1. The van der Waals surface area contributed by atoms with Crippen LogP contribution in [0.3, 0.4) is 0 Å². The number of nitrogens with zero attached hydrogens (tertiary/aromatic N) is 2. The number of esters is 1. The second-order valence-electron chi connectivity index (χ2n) is 5.28. The van der Waals surface area contributed by atoms with Gasteiger partial charge in [-0.25, -0.2) is 0 Å². The van der Waals surface area contributed by atoms with Crippen LogP contribution in [0.2, 0.25) is 5.02 Å². The summed E-state index contributed by atoms with van der Waals surface area (Å²) in [7, 11) is 1.44. The summed E-state index contributed by atoms with van der Waals surface area (Å²) in [4.78, 5) is 24.2. The maximum absolute atomic E-state index is 12.4. The highest BCUT2D eigenvalue weighted by Crippen LogP contribution is 2.32. The van der Waals surface area contributed by atoms with Gasteiger partial charge in [-0.15, -0.1) is 0 Å². The molecule has 0 saturated heterocycles. The topological polar surface area (TPSA) is 81.3 Å². The van der Waals surface area contributed by atoms with Gasteiger partial charge in [0.25, 0.3) is 5.56 Å². The van der Waals surface area contributed by atoms with Crippen LogP contribution in [0.4, 0.5) is 0 Å². The van der Waals surface area contributed by atoms with Crippen LogP contribution in [0, 0.1) is 11.3 Å². The smallest absolute Gasteiger partial charge is 0.326 e. The molecule has 134 valence electrons. The minimum Gasteiger partial charge on any atom is -0.495 e. The summed E-state index contributed by atoms with van der Waals surface area (Å²) < 4.78 is 11.5. The molecule has 26 heavy (non-hydrogen) atoms. The number of aromatic nitrogens is 1. The molecular weight excluding hydrogens is 356 g/mol. The highest BCUT2D eigenvalue weighted by molar-refractivity contribution is 6.31. The fraction of sp³-hybridized carbons (Fsp3) is 0.211. The Morgan fingerprint density at radius 1 is 1.35 bits per heavy atom. The first kappa shape index (κ1) is 19.3. The Labute approximate surface area is 155 Å². The molecule has 0 radical (unpaired) electrons. The van der Waals surface area contributed by atoms with Crippen molar-refractivity contribution in [2.75, 3.05) is 13.7 Å². The van der Waals surface area contributed by atoms with Gasteiger partial charge in [0.2, 0.25) is 0 Å². The number of hydrogen-bond donors (Lipinski definition) is 0. The van der Waals surface area contributed by atoms with E-state index in [1.54, 1.807) is 30.4 Å². The normalized spacial score (nSPS) is 10.5. The Kier molecular flexibility index (Phi) is 6.59. The monoisotopic (exact) mass is 372 g/mol. The number of nitriles is 1. The molecule has 0 fully saturated rings. The van der Waals surface area contributed by atoms with E-state index in [-0.39, 0.29) is 13.2 Å². The third kappa shape index (κ3) is 4.52. The van der Waals surface area contributed by atoms with Gasteiger partial charge in [0.15, 0.2) is 0 Å². The quantitative estimate of drug-likeness (QED) is 0.574. The first-order chi connectivity index (χ1) is 12.5. The van der Waals surface area contributed by atoms with Crippen LogP contribution < -0.4 is 10.3 Å². The fourth-order valence-electron chi connectivity index (χ4n) is 2.31. The van der Waals surface area contributed by atoms with Gasteiger partial charge in [0.1, 0.15) is 18.9 Å². The van der Waals surface area contributed by atoms with Crippen molar-refractivity contribution in [2.45, 2.75) is 13.5 Å². The third-order valence-electron chi connectivity index (χ3n) is 3.58. The highest BCUT2D eigenvalue weighted by Gasteiger charge is 2.15. The number of methoxy groups -OCH3 is 1. The molecule has 0 unspecified atom stereocenters. The minimum absolute atomic E-state index is 0.146. The molecule has 2 aromatic rings. The zero-order chi connectivity index (χ0) is 19.1. The summed E-state index contributed by atoms with van der Waals surface area (Å²) in [6.45, 7) is 1.72. The zero-order valence-corrected chi connectivity index (χ0v) is 15.1. The van der Waals surface area contributed by atoms with Gasteiger partial charge in [-0.3, -0.25) is 9.59 Å². The fourth-order valence-corrected chi connectivity index (χ4v) is 2.48. The maximum Gasteiger partial charge on any atom is 0.326 e. The van der Waals surface area contributed by atoms with Crippen molar-refractivity contribution >= 4 is 17.6 Å². The molecule has 0 amide bonds. The van der Waals surface area contributed by atoms with Crippen LogP contribution in [-0.2, 0) is 16.1 Å². The number of allylic oxidation sites excluding steroid dienone is 1. The summed E-state index contributed by atoms with van der Waals surface area (Å²) in [5.41, 5.74) is 0.843. The Bertz CT molecular complexity index is 942. The molecule has 0 aliphatic carbocycles. The first-order valence-corrected chi connectivity index (χ1v) is 8.13. The molecule has 0 bridgehead atoms. The van der Waals surface area contributed by atoms with Crippen LogP contribution >= 0.6 is 11.6 Å². The Morgan fingerprint density at radius 2 is 2.12 bits per heavy atom. The van der Waals surface area contributed by atoms with E-state index in [4.69, 9.17) is 21.1 Å². The van der Waals surface area contributed by atoms with Gasteiger partial charge in [-0.1, -0.05) is 23.8 Å². The van der Waals surface area contributed by atoms with E-state index in [0.29, 0.717) is 27.5 Å². The number of benzene rings is 1. The van der Waals surface area contributed by atoms with Gasteiger partial charge in [-0.05, 0) is 25.1 Å². The molecule has 0 atom stereocenters. The average Bonchev–Trinajstić information content (AvgIpc) is 2.63. The minimum atomic E-state index is -0.541. The van der Waals surface area contributed by atoms with Crippen molar-refractivity contribution in [1.82, 2.24) is 4.57 Å². The van der Waals surface area contributed by atoms with Gasteiger partial charge < -0.3 is 14.0 Å². The number of rotatable bonds is 6. The highest BCUT2D eigenvalue weighted by atomic mass is 35.5. The van der Waals surface area contributed by atoms with Gasteiger partial charge >= 0.3 is 5.97 Å². The Hall–Kier alpha value is -3.04. The van der Waals surface area contributed by atoms with Crippen molar-refractivity contribution in [2.24, 2.45) is 0 Å². The molecule has 1 heterocycles. The molecular formula is C19H17ClN2O4. The van der Waals surface area contributed by atoms with E-state index in [9.17, 15) is 14.9 Å². The summed E-state index contributed by atoms with van der Waals surface area (Å²) >= 11 is 6.02. The van der Waals surface area contributed by atoms with Crippen molar-refractivity contribution in [1.29, 1.82) is 5.26 Å². The molecule has 1 aromatic heterocycles. The van der Waals surface area contributed by atoms with Crippen molar-refractivity contribution in [3.8, 4) is 22.9 Å². The van der Waals surface area contributed by atoms with E-state index >= 15 is 0 Å². The zero-order valence-electron chi connectivity index (χ0n) is 14.4. The SMILES string of the molecule is C/C=C/COC(=O)Cn1cc(OC)c(-c2cc(Cl)ccc2C#N)cc1=O. The molecule has 0 N–H and O–H groups in total. The van der Waals surface area contributed by atoms with Crippen molar-refractivity contribution < 1.29 is 14.3 Å². The molecule has 0 aliphatic rings. The molecule has 0 aliphatic heterocycles. The maximum atomic E-state index is 12.4. The number of hydrogen-bond acceptors (Lipinski definition) is 5. The summed E-state index contributed by atoms with van der Waals surface area (Å²) in [6.07, 6.45) is 4.86. The van der Waals surface area contributed by atoms with E-state index in [1.807, 2.05) is 6.92 Å². The van der Waals surface area contributed by atoms with Crippen LogP contribution in [0.15, 0.2) is 47.4 Å². The lowest BCUT2D eigenvalue weighted by Crippen LogP contribution is -2.25. The van der Waals surface area contributed by atoms with Crippen LogP contribution in [-0.4, -0.2) is 24.3 Å². The number of halogens is 1. The lowest BCUT2D eigenvalue weighted by molar-refractivity contribution is -0.143. The molecule has 1 aromatic carbocycles. The lowest BCUT2D eigenvalue weighted by atomic mass is 10.0. The molecule has 2 rings (SSSR count). The van der Waals surface area contributed by atoms with Crippen molar-refractivity contribution in [3.63, 3.8) is 0 Å². The number of carbonyl (C=O) groups is 1. The lowest BCUT2D eigenvalue weighted by Gasteiger charge is -2.13. The van der Waals surface area contributed by atoms with E-state index in [1.165, 1.54) is 23.9 Å². The summed E-state index contributed by atoms with van der Waals surface area (Å²) in [5.74, 6) is -0.204. The van der Waals surface area contributed by atoms with Gasteiger partial charge in [-0.2, -0.15) is 5.26 Å². The van der Waals surface area contributed by atoms with E-state index < -0.39 is 11.5 Å².